The molecule has 0 atom stereocenters. The van der Waals surface area contributed by atoms with Crippen molar-refractivity contribution in [1.82, 2.24) is 0 Å². The van der Waals surface area contributed by atoms with Gasteiger partial charge in [0.15, 0.2) is 0 Å². The highest BCUT2D eigenvalue weighted by Gasteiger charge is 2.15. The van der Waals surface area contributed by atoms with Crippen LogP contribution in [0.5, 0.6) is 0 Å². The number of nitrogens with zero attached hydrogens (tertiary/aromatic N) is 1. The summed E-state index contributed by atoms with van der Waals surface area (Å²) in [5.74, 6) is -0.346. The lowest BCUT2D eigenvalue weighted by molar-refractivity contribution is -0.154. The summed E-state index contributed by atoms with van der Waals surface area (Å²) in [6, 6.07) is 0. The number of hydrogen-bond acceptors (Lipinski definition) is 4. The number of aliphatic imine (C=N–C) groups is 1. The van der Waals surface area contributed by atoms with Gasteiger partial charge in [-0.15, -0.1) is 0 Å². The third-order valence-electron chi connectivity index (χ3n) is 0.912. The molecule has 0 aromatic heterocycles. The largest absolute Gasteiger partial charge is 0.460 e. The second-order valence-corrected chi connectivity index (χ2v) is 3.31. The lowest BCUT2D eigenvalue weighted by atomic mass is 10.2. The second kappa shape index (κ2) is 4.67. The van der Waals surface area contributed by atoms with E-state index in [1.807, 2.05) is 0 Å². The van der Waals surface area contributed by atoms with E-state index in [-0.39, 0.29) is 18.9 Å². The zero-order valence-electron chi connectivity index (χ0n) is 7.59. The van der Waals surface area contributed by atoms with Crippen LogP contribution in [-0.4, -0.2) is 24.2 Å². The Bertz CT molecular complexity index is 199. The highest BCUT2D eigenvalue weighted by molar-refractivity contribution is 5.70. The van der Waals surface area contributed by atoms with Crippen molar-refractivity contribution >= 4 is 12.0 Å². The van der Waals surface area contributed by atoms with E-state index in [9.17, 15) is 9.59 Å². The van der Waals surface area contributed by atoms with Crippen molar-refractivity contribution in [3.05, 3.63) is 0 Å². The van der Waals surface area contributed by atoms with Crippen LogP contribution in [0.15, 0.2) is 4.99 Å². The summed E-state index contributed by atoms with van der Waals surface area (Å²) in [6.07, 6.45) is 1.48. The number of hydrogen-bond donors (Lipinski definition) is 0. The molecule has 0 rings (SSSR count). The first kappa shape index (κ1) is 10.8. The predicted molar refractivity (Wildman–Crippen MR) is 43.5 cm³/mol. The van der Waals surface area contributed by atoms with Crippen LogP contribution in [0.4, 0.5) is 0 Å². The van der Waals surface area contributed by atoms with Gasteiger partial charge in [-0.3, -0.25) is 4.79 Å². The fraction of sp³-hybridized carbons (Fsp3) is 0.750. The molecule has 0 radical (unpaired) electrons. The maximum atomic E-state index is 10.9. The molecule has 0 fully saturated rings. The first-order chi connectivity index (χ1) is 5.45. The average molecular weight is 171 g/mol. The van der Waals surface area contributed by atoms with Crippen LogP contribution in [0, 0.1) is 0 Å². The first-order valence-electron chi connectivity index (χ1n) is 3.71. The van der Waals surface area contributed by atoms with Gasteiger partial charge in [0, 0.05) is 0 Å². The van der Waals surface area contributed by atoms with E-state index >= 15 is 0 Å². The third kappa shape index (κ3) is 6.96. The minimum absolute atomic E-state index is 0.131. The van der Waals surface area contributed by atoms with E-state index in [1.54, 1.807) is 20.8 Å². The summed E-state index contributed by atoms with van der Waals surface area (Å²) >= 11 is 0. The Labute approximate surface area is 71.6 Å². The first-order valence-corrected chi connectivity index (χ1v) is 3.71. The normalized spacial score (nSPS) is 10.2. The Morgan fingerprint density at radius 1 is 1.50 bits per heavy atom. The number of rotatable bonds is 3. The summed E-state index contributed by atoms with van der Waals surface area (Å²) < 4.78 is 4.96. The highest BCUT2D eigenvalue weighted by atomic mass is 16.6. The molecule has 4 nitrogen and oxygen atoms in total. The van der Waals surface area contributed by atoms with Gasteiger partial charge < -0.3 is 4.74 Å². The predicted octanol–water partition coefficient (Wildman–Crippen LogP) is 1.05. The summed E-state index contributed by atoms with van der Waals surface area (Å²) in [5.41, 5.74) is -0.470. The Morgan fingerprint density at radius 3 is 2.50 bits per heavy atom. The molecule has 0 saturated carbocycles. The van der Waals surface area contributed by atoms with Gasteiger partial charge in [-0.25, -0.2) is 9.79 Å². The summed E-state index contributed by atoms with van der Waals surface area (Å²) in [5, 5.41) is 0. The SMILES string of the molecule is CC(C)(C)OC(=O)CCN=C=O. The quantitative estimate of drug-likeness (QED) is 0.362. The number of esters is 1. The van der Waals surface area contributed by atoms with E-state index in [0.29, 0.717) is 0 Å². The molecule has 0 aliphatic heterocycles. The molecular formula is C8H13NO3. The van der Waals surface area contributed by atoms with Crippen LogP contribution in [0.3, 0.4) is 0 Å². The van der Waals surface area contributed by atoms with Crippen molar-refractivity contribution in [2.24, 2.45) is 4.99 Å². The molecule has 0 aliphatic carbocycles. The van der Waals surface area contributed by atoms with E-state index < -0.39 is 5.60 Å². The number of carbonyl (C=O) groups excluding carboxylic acids is 2. The van der Waals surface area contributed by atoms with E-state index in [1.165, 1.54) is 6.08 Å². The summed E-state index contributed by atoms with van der Waals surface area (Å²) in [7, 11) is 0. The molecule has 0 aromatic carbocycles. The average Bonchev–Trinajstić information content (AvgIpc) is 1.84. The van der Waals surface area contributed by atoms with Gasteiger partial charge in [0.25, 0.3) is 0 Å². The molecule has 0 unspecified atom stereocenters. The molecule has 0 bridgehead atoms. The molecule has 0 saturated heterocycles. The van der Waals surface area contributed by atoms with Crippen molar-refractivity contribution < 1.29 is 14.3 Å². The van der Waals surface area contributed by atoms with Crippen LogP contribution >= 0.6 is 0 Å². The van der Waals surface area contributed by atoms with Gasteiger partial charge in [0.1, 0.15) is 5.60 Å². The molecule has 0 aliphatic rings. The molecule has 0 amide bonds. The van der Waals surface area contributed by atoms with Gasteiger partial charge >= 0.3 is 5.97 Å². The fourth-order valence-corrected chi connectivity index (χ4v) is 0.585. The molecule has 0 heterocycles. The van der Waals surface area contributed by atoms with Gasteiger partial charge in [-0.1, -0.05) is 0 Å². The Kier molecular flexibility index (Phi) is 4.22. The van der Waals surface area contributed by atoms with Crippen LogP contribution in [-0.2, 0) is 14.3 Å². The topological polar surface area (TPSA) is 55.7 Å². The van der Waals surface area contributed by atoms with E-state index in [2.05, 4.69) is 4.99 Å². The maximum Gasteiger partial charge on any atom is 0.308 e. The lowest BCUT2D eigenvalue weighted by Crippen LogP contribution is -2.24. The lowest BCUT2D eigenvalue weighted by Gasteiger charge is -2.18. The molecule has 0 spiro atoms. The molecule has 12 heavy (non-hydrogen) atoms. The zero-order valence-corrected chi connectivity index (χ0v) is 7.59. The van der Waals surface area contributed by atoms with Crippen molar-refractivity contribution in [3.63, 3.8) is 0 Å². The van der Waals surface area contributed by atoms with Crippen molar-refractivity contribution in [1.29, 1.82) is 0 Å². The van der Waals surface area contributed by atoms with E-state index in [4.69, 9.17) is 4.74 Å². The van der Waals surface area contributed by atoms with Gasteiger partial charge in [-0.2, -0.15) is 0 Å². The van der Waals surface area contributed by atoms with E-state index in [0.717, 1.165) is 0 Å². The summed E-state index contributed by atoms with van der Waals surface area (Å²) in [6.45, 7) is 5.51. The van der Waals surface area contributed by atoms with Crippen molar-refractivity contribution in [2.75, 3.05) is 6.54 Å². The standard InChI is InChI=1S/C8H13NO3/c1-8(2,3)12-7(11)4-5-9-6-10/h4-5H2,1-3H3. The molecular weight excluding hydrogens is 158 g/mol. The monoisotopic (exact) mass is 171 g/mol. The number of ether oxygens (including phenoxy) is 1. The number of carbonyl (C=O) groups is 1. The van der Waals surface area contributed by atoms with Crippen LogP contribution in [0.1, 0.15) is 27.2 Å². The zero-order chi connectivity index (χ0) is 9.61. The van der Waals surface area contributed by atoms with Crippen molar-refractivity contribution in [3.8, 4) is 0 Å². The van der Waals surface area contributed by atoms with Crippen LogP contribution < -0.4 is 0 Å². The van der Waals surface area contributed by atoms with Gasteiger partial charge in [0.2, 0.25) is 6.08 Å². The third-order valence-corrected chi connectivity index (χ3v) is 0.912. The Hall–Kier alpha value is -1.15. The minimum Gasteiger partial charge on any atom is -0.460 e. The maximum absolute atomic E-state index is 10.9. The Balaban J connectivity index is 3.68. The molecule has 68 valence electrons. The highest BCUT2D eigenvalue weighted by Crippen LogP contribution is 2.07. The summed E-state index contributed by atoms with van der Waals surface area (Å²) in [4.78, 5) is 23.8. The van der Waals surface area contributed by atoms with Gasteiger partial charge in [0.05, 0.1) is 13.0 Å². The van der Waals surface area contributed by atoms with Crippen molar-refractivity contribution in [2.45, 2.75) is 32.8 Å². The second-order valence-electron chi connectivity index (χ2n) is 3.31. The molecule has 4 heteroatoms. The molecule has 0 aromatic rings. The fourth-order valence-electron chi connectivity index (χ4n) is 0.585. The number of isocyanates is 1. The smallest absolute Gasteiger partial charge is 0.308 e. The van der Waals surface area contributed by atoms with Crippen LogP contribution in [0.2, 0.25) is 0 Å². The molecule has 0 N–H and O–H groups in total. The van der Waals surface area contributed by atoms with Crippen LogP contribution in [0.25, 0.3) is 0 Å². The Morgan fingerprint density at radius 2 is 2.08 bits per heavy atom. The van der Waals surface area contributed by atoms with Gasteiger partial charge in [-0.05, 0) is 20.8 Å². The minimum atomic E-state index is -0.470.